The average Bonchev–Trinajstić information content (AvgIpc) is 2.94. The minimum Gasteiger partial charge on any atom is -0.385 e. The fraction of sp³-hybridized carbons (Fsp3) is 0.333. The van der Waals surface area contributed by atoms with Gasteiger partial charge in [-0.05, 0) is 36.3 Å². The molecule has 0 saturated carbocycles. The number of rotatable bonds is 7. The van der Waals surface area contributed by atoms with Crippen LogP contribution >= 0.6 is 35.4 Å². The summed E-state index contributed by atoms with van der Waals surface area (Å²) in [5.74, 6) is 0.680. The molecule has 0 aliphatic rings. The number of nitrogens with zero attached hydrogens (tertiary/aromatic N) is 2. The molecule has 5 nitrogen and oxygen atoms in total. The lowest BCUT2D eigenvalue weighted by atomic mass is 10.2. The van der Waals surface area contributed by atoms with Crippen LogP contribution in [0, 0.1) is 0 Å². The van der Waals surface area contributed by atoms with E-state index >= 15 is 0 Å². The van der Waals surface area contributed by atoms with Gasteiger partial charge in [0.15, 0.2) is 10.9 Å². The molecule has 124 valence electrons. The Bertz CT molecular complexity index is 663. The van der Waals surface area contributed by atoms with Crippen molar-refractivity contribution in [2.75, 3.05) is 25.6 Å². The minimum absolute atomic E-state index is 0.538. The Morgan fingerprint density at radius 3 is 2.91 bits per heavy atom. The summed E-state index contributed by atoms with van der Waals surface area (Å²) < 4.78 is 6.76. The summed E-state index contributed by atoms with van der Waals surface area (Å²) in [6.07, 6.45) is 2.75. The number of methoxy groups -OCH3 is 1. The normalized spacial score (nSPS) is 10.6. The van der Waals surface area contributed by atoms with E-state index in [1.807, 2.05) is 24.4 Å². The molecular formula is C15H18Cl2N4OS. The van der Waals surface area contributed by atoms with Crippen LogP contribution in [0.3, 0.4) is 0 Å². The first-order valence-corrected chi connectivity index (χ1v) is 8.26. The number of ether oxygens (including phenoxy) is 1. The van der Waals surface area contributed by atoms with Crippen LogP contribution in [0.25, 0.3) is 0 Å². The van der Waals surface area contributed by atoms with Crippen molar-refractivity contribution in [3.05, 3.63) is 46.1 Å². The van der Waals surface area contributed by atoms with E-state index in [1.54, 1.807) is 17.9 Å². The molecule has 1 aromatic carbocycles. The number of benzene rings is 1. The van der Waals surface area contributed by atoms with Gasteiger partial charge in [0.2, 0.25) is 0 Å². The molecule has 0 spiro atoms. The van der Waals surface area contributed by atoms with Gasteiger partial charge in [-0.1, -0.05) is 29.3 Å². The maximum Gasteiger partial charge on any atom is 0.171 e. The van der Waals surface area contributed by atoms with Crippen LogP contribution in [0.5, 0.6) is 0 Å². The van der Waals surface area contributed by atoms with Crippen molar-refractivity contribution in [1.82, 2.24) is 15.1 Å². The predicted molar refractivity (Wildman–Crippen MR) is 98.5 cm³/mol. The topological polar surface area (TPSA) is 51.1 Å². The Kier molecular flexibility index (Phi) is 7.11. The Morgan fingerprint density at radius 1 is 1.35 bits per heavy atom. The average molecular weight is 373 g/mol. The zero-order chi connectivity index (χ0) is 16.7. The number of hydrogen-bond acceptors (Lipinski definition) is 3. The van der Waals surface area contributed by atoms with Crippen molar-refractivity contribution in [3.8, 4) is 0 Å². The van der Waals surface area contributed by atoms with Gasteiger partial charge in [0.05, 0.1) is 6.54 Å². The lowest BCUT2D eigenvalue weighted by Crippen LogP contribution is -2.30. The van der Waals surface area contributed by atoms with Gasteiger partial charge in [-0.3, -0.25) is 4.68 Å². The summed E-state index contributed by atoms with van der Waals surface area (Å²) in [6, 6.07) is 7.28. The molecule has 0 radical (unpaired) electrons. The molecule has 23 heavy (non-hydrogen) atoms. The highest BCUT2D eigenvalue weighted by atomic mass is 35.5. The zero-order valence-electron chi connectivity index (χ0n) is 12.7. The summed E-state index contributed by atoms with van der Waals surface area (Å²) in [6.45, 7) is 2.01. The fourth-order valence-corrected chi connectivity index (χ4v) is 2.59. The van der Waals surface area contributed by atoms with Crippen LogP contribution in [0.15, 0.2) is 30.5 Å². The van der Waals surface area contributed by atoms with Crippen molar-refractivity contribution in [1.29, 1.82) is 0 Å². The number of thiocarbonyl (C=S) groups is 1. The van der Waals surface area contributed by atoms with Crippen molar-refractivity contribution in [2.45, 2.75) is 13.0 Å². The third kappa shape index (κ3) is 5.99. The van der Waals surface area contributed by atoms with E-state index in [2.05, 4.69) is 15.7 Å². The molecule has 2 N–H and O–H groups in total. The maximum absolute atomic E-state index is 6.17. The molecule has 0 aliphatic carbocycles. The molecule has 1 aromatic heterocycles. The molecule has 2 aromatic rings. The van der Waals surface area contributed by atoms with Gasteiger partial charge in [-0.2, -0.15) is 5.10 Å². The van der Waals surface area contributed by atoms with Gasteiger partial charge < -0.3 is 15.4 Å². The van der Waals surface area contributed by atoms with Crippen LogP contribution in [-0.2, 0) is 11.3 Å². The fourth-order valence-electron chi connectivity index (χ4n) is 1.92. The van der Waals surface area contributed by atoms with Crippen LogP contribution in [0.1, 0.15) is 12.0 Å². The molecule has 0 aliphatic heterocycles. The van der Waals surface area contributed by atoms with Gasteiger partial charge in [0, 0.05) is 42.6 Å². The quantitative estimate of drug-likeness (QED) is 0.574. The molecule has 2 rings (SSSR count). The van der Waals surface area contributed by atoms with Crippen LogP contribution in [-0.4, -0.2) is 35.2 Å². The number of aromatic nitrogens is 2. The van der Waals surface area contributed by atoms with Crippen LogP contribution < -0.4 is 10.6 Å². The van der Waals surface area contributed by atoms with Gasteiger partial charge in [0.1, 0.15) is 0 Å². The van der Waals surface area contributed by atoms with Crippen LogP contribution in [0.2, 0.25) is 10.0 Å². The van der Waals surface area contributed by atoms with Crippen LogP contribution in [0.4, 0.5) is 5.82 Å². The summed E-state index contributed by atoms with van der Waals surface area (Å²) in [5.41, 5.74) is 0.950. The van der Waals surface area contributed by atoms with E-state index < -0.39 is 0 Å². The molecule has 0 unspecified atom stereocenters. The Hall–Kier alpha value is -1.34. The minimum atomic E-state index is 0.538. The number of anilines is 1. The Labute approximate surface area is 150 Å². The molecule has 0 saturated heterocycles. The second-order valence-electron chi connectivity index (χ2n) is 4.86. The summed E-state index contributed by atoms with van der Waals surface area (Å²) in [5, 5.41) is 12.3. The molecule has 0 atom stereocenters. The number of hydrogen-bond donors (Lipinski definition) is 2. The predicted octanol–water partition coefficient (Wildman–Crippen LogP) is 3.56. The SMILES string of the molecule is COCCCNC(=S)Nc1ccn(Cc2ccc(Cl)cc2Cl)n1. The van der Waals surface area contributed by atoms with E-state index in [4.69, 9.17) is 40.2 Å². The molecule has 8 heteroatoms. The second kappa shape index (κ2) is 9.08. The summed E-state index contributed by atoms with van der Waals surface area (Å²) >= 11 is 17.3. The van der Waals surface area contributed by atoms with E-state index in [0.717, 1.165) is 18.5 Å². The van der Waals surface area contributed by atoms with Crippen molar-refractivity contribution in [2.24, 2.45) is 0 Å². The first kappa shape index (κ1) is 18.0. The molecule has 0 bridgehead atoms. The monoisotopic (exact) mass is 372 g/mol. The zero-order valence-corrected chi connectivity index (χ0v) is 15.0. The maximum atomic E-state index is 6.17. The van der Waals surface area contributed by atoms with E-state index in [9.17, 15) is 0 Å². The van der Waals surface area contributed by atoms with Gasteiger partial charge in [-0.25, -0.2) is 0 Å². The van der Waals surface area contributed by atoms with Crippen molar-refractivity contribution in [3.63, 3.8) is 0 Å². The Balaban J connectivity index is 1.86. The molecule has 0 amide bonds. The second-order valence-corrected chi connectivity index (χ2v) is 6.11. The molecule has 1 heterocycles. The highest BCUT2D eigenvalue weighted by molar-refractivity contribution is 7.80. The highest BCUT2D eigenvalue weighted by Gasteiger charge is 2.05. The van der Waals surface area contributed by atoms with E-state index in [0.29, 0.717) is 34.1 Å². The van der Waals surface area contributed by atoms with Gasteiger partial charge in [-0.15, -0.1) is 0 Å². The standard InChI is InChI=1S/C15H18Cl2N4OS/c1-22-8-2-6-18-15(23)19-14-5-7-21(20-14)10-11-3-4-12(16)9-13(11)17/h3-5,7,9H,2,6,8,10H2,1H3,(H2,18,19,20,23). The molecular weight excluding hydrogens is 355 g/mol. The van der Waals surface area contributed by atoms with E-state index in [1.165, 1.54) is 0 Å². The smallest absolute Gasteiger partial charge is 0.171 e. The third-order valence-corrected chi connectivity index (χ3v) is 3.87. The van der Waals surface area contributed by atoms with Gasteiger partial charge in [0.25, 0.3) is 0 Å². The lowest BCUT2D eigenvalue weighted by Gasteiger charge is -2.08. The van der Waals surface area contributed by atoms with Gasteiger partial charge >= 0.3 is 0 Å². The van der Waals surface area contributed by atoms with Crippen molar-refractivity contribution >= 4 is 46.4 Å². The number of halogens is 2. The number of nitrogens with one attached hydrogen (secondary N) is 2. The first-order valence-electron chi connectivity index (χ1n) is 7.09. The van der Waals surface area contributed by atoms with Crippen molar-refractivity contribution < 1.29 is 4.74 Å². The molecule has 0 fully saturated rings. The third-order valence-electron chi connectivity index (χ3n) is 3.04. The Morgan fingerprint density at radius 2 is 2.17 bits per heavy atom. The first-order chi connectivity index (χ1) is 11.1. The van der Waals surface area contributed by atoms with E-state index in [-0.39, 0.29) is 0 Å². The highest BCUT2D eigenvalue weighted by Crippen LogP contribution is 2.21. The summed E-state index contributed by atoms with van der Waals surface area (Å²) in [7, 11) is 1.68. The largest absolute Gasteiger partial charge is 0.385 e. The summed E-state index contributed by atoms with van der Waals surface area (Å²) in [4.78, 5) is 0. The lowest BCUT2D eigenvalue weighted by molar-refractivity contribution is 0.196.